The van der Waals surface area contributed by atoms with Crippen molar-refractivity contribution in [2.75, 3.05) is 18.8 Å². The van der Waals surface area contributed by atoms with Gasteiger partial charge in [-0.15, -0.1) is 11.3 Å². The van der Waals surface area contributed by atoms with Gasteiger partial charge in [0.2, 0.25) is 0 Å². The Balaban J connectivity index is 1.93. The normalized spacial score (nSPS) is 16.8. The molecular weight excluding hydrogens is 272 g/mol. The molecule has 1 amide bonds. The maximum absolute atomic E-state index is 12.6. The van der Waals surface area contributed by atoms with E-state index in [0.717, 1.165) is 10.1 Å². The minimum Gasteiger partial charge on any atom is -0.397 e. The molecule has 106 valence electrons. The van der Waals surface area contributed by atoms with Crippen molar-refractivity contribution in [1.82, 2.24) is 4.90 Å². The zero-order valence-electron chi connectivity index (χ0n) is 11.4. The molecule has 1 saturated heterocycles. The SMILES string of the molecule is Cc1ccc2c(N)c(C(=O)N3CCC(O)CC3)sc2c1. The van der Waals surface area contributed by atoms with Crippen molar-refractivity contribution >= 4 is 33.0 Å². The Labute approximate surface area is 121 Å². The Kier molecular flexibility index (Phi) is 3.40. The number of likely N-dealkylation sites (tertiary alicyclic amines) is 1. The highest BCUT2D eigenvalue weighted by Crippen LogP contribution is 2.35. The van der Waals surface area contributed by atoms with E-state index in [1.165, 1.54) is 16.9 Å². The van der Waals surface area contributed by atoms with Gasteiger partial charge in [-0.2, -0.15) is 0 Å². The summed E-state index contributed by atoms with van der Waals surface area (Å²) >= 11 is 1.46. The summed E-state index contributed by atoms with van der Waals surface area (Å²) in [7, 11) is 0. The third-order valence-corrected chi connectivity index (χ3v) is 4.99. The molecule has 0 aliphatic carbocycles. The number of nitrogens with two attached hydrogens (primary N) is 1. The topological polar surface area (TPSA) is 66.6 Å². The fourth-order valence-electron chi connectivity index (χ4n) is 2.60. The van der Waals surface area contributed by atoms with E-state index >= 15 is 0 Å². The van der Waals surface area contributed by atoms with Crippen molar-refractivity contribution in [2.45, 2.75) is 25.9 Å². The van der Waals surface area contributed by atoms with Crippen molar-refractivity contribution in [3.8, 4) is 0 Å². The highest BCUT2D eigenvalue weighted by molar-refractivity contribution is 7.21. The smallest absolute Gasteiger partial charge is 0.266 e. The van der Waals surface area contributed by atoms with Gasteiger partial charge in [0.15, 0.2) is 0 Å². The van der Waals surface area contributed by atoms with E-state index in [-0.39, 0.29) is 12.0 Å². The van der Waals surface area contributed by atoms with E-state index in [4.69, 9.17) is 5.73 Å². The molecule has 4 nitrogen and oxygen atoms in total. The molecule has 0 spiro atoms. The third-order valence-electron chi connectivity index (χ3n) is 3.83. The molecule has 3 rings (SSSR count). The fourth-order valence-corrected chi connectivity index (χ4v) is 3.78. The number of benzene rings is 1. The van der Waals surface area contributed by atoms with Gasteiger partial charge in [-0.25, -0.2) is 0 Å². The molecule has 20 heavy (non-hydrogen) atoms. The molecule has 1 aromatic carbocycles. The summed E-state index contributed by atoms with van der Waals surface area (Å²) in [6, 6.07) is 6.05. The number of hydrogen-bond donors (Lipinski definition) is 2. The van der Waals surface area contributed by atoms with E-state index < -0.39 is 0 Å². The predicted molar refractivity (Wildman–Crippen MR) is 82.1 cm³/mol. The first-order valence-corrected chi connectivity index (χ1v) is 7.64. The number of fused-ring (bicyclic) bond motifs is 1. The Hall–Kier alpha value is -1.59. The van der Waals surface area contributed by atoms with Crippen LogP contribution in [0.15, 0.2) is 18.2 Å². The molecular formula is C15H18N2O2S. The molecule has 0 bridgehead atoms. The van der Waals surface area contributed by atoms with Gasteiger partial charge >= 0.3 is 0 Å². The first kappa shape index (κ1) is 13.4. The summed E-state index contributed by atoms with van der Waals surface area (Å²) < 4.78 is 1.06. The average molecular weight is 290 g/mol. The number of aliphatic hydroxyl groups excluding tert-OH is 1. The van der Waals surface area contributed by atoms with E-state index in [2.05, 4.69) is 6.07 Å². The number of nitrogen functional groups attached to an aromatic ring is 1. The molecule has 0 unspecified atom stereocenters. The van der Waals surface area contributed by atoms with Gasteiger partial charge in [0, 0.05) is 23.2 Å². The van der Waals surface area contributed by atoms with E-state index in [1.54, 1.807) is 4.90 Å². The highest BCUT2D eigenvalue weighted by Gasteiger charge is 2.25. The number of amides is 1. The Morgan fingerprint density at radius 1 is 1.40 bits per heavy atom. The minimum atomic E-state index is -0.276. The molecule has 2 heterocycles. The lowest BCUT2D eigenvalue weighted by Gasteiger charge is -2.29. The lowest BCUT2D eigenvalue weighted by Crippen LogP contribution is -2.39. The third kappa shape index (κ3) is 2.27. The fraction of sp³-hybridized carbons (Fsp3) is 0.400. The van der Waals surface area contributed by atoms with Crippen LogP contribution in [-0.4, -0.2) is 35.1 Å². The summed E-state index contributed by atoms with van der Waals surface area (Å²) in [6.45, 7) is 3.24. The van der Waals surface area contributed by atoms with Crippen LogP contribution in [0.1, 0.15) is 28.1 Å². The molecule has 1 aromatic heterocycles. The number of rotatable bonds is 1. The maximum atomic E-state index is 12.6. The zero-order valence-corrected chi connectivity index (χ0v) is 12.2. The molecule has 1 fully saturated rings. The van der Waals surface area contributed by atoms with Crippen molar-refractivity contribution in [2.24, 2.45) is 0 Å². The summed E-state index contributed by atoms with van der Waals surface area (Å²) in [4.78, 5) is 15.0. The van der Waals surface area contributed by atoms with E-state index in [1.807, 2.05) is 19.1 Å². The Morgan fingerprint density at radius 3 is 2.80 bits per heavy atom. The molecule has 2 aromatic rings. The number of thiophene rings is 1. The first-order valence-electron chi connectivity index (χ1n) is 6.82. The summed E-state index contributed by atoms with van der Waals surface area (Å²) in [5.41, 5.74) is 7.89. The minimum absolute atomic E-state index is 0.00625. The van der Waals surface area contributed by atoms with E-state index in [9.17, 15) is 9.90 Å². The Morgan fingerprint density at radius 2 is 2.10 bits per heavy atom. The second-order valence-electron chi connectivity index (χ2n) is 5.37. The molecule has 0 saturated carbocycles. The molecule has 5 heteroatoms. The van der Waals surface area contributed by atoms with Gasteiger partial charge in [-0.3, -0.25) is 4.79 Å². The van der Waals surface area contributed by atoms with Gasteiger partial charge in [-0.05, 0) is 31.4 Å². The van der Waals surface area contributed by atoms with Crippen molar-refractivity contribution in [3.05, 3.63) is 28.6 Å². The number of anilines is 1. The maximum Gasteiger partial charge on any atom is 0.266 e. The highest BCUT2D eigenvalue weighted by atomic mass is 32.1. The van der Waals surface area contributed by atoms with Crippen molar-refractivity contribution in [3.63, 3.8) is 0 Å². The average Bonchev–Trinajstić information content (AvgIpc) is 2.75. The number of carbonyl (C=O) groups excluding carboxylic acids is 1. The first-order chi connectivity index (χ1) is 9.56. The monoisotopic (exact) mass is 290 g/mol. The van der Waals surface area contributed by atoms with Crippen molar-refractivity contribution < 1.29 is 9.90 Å². The van der Waals surface area contributed by atoms with Gasteiger partial charge in [0.05, 0.1) is 11.8 Å². The van der Waals surface area contributed by atoms with Crippen LogP contribution in [0.5, 0.6) is 0 Å². The van der Waals surface area contributed by atoms with Gasteiger partial charge in [-0.1, -0.05) is 12.1 Å². The molecule has 0 atom stereocenters. The molecule has 1 aliphatic heterocycles. The van der Waals surface area contributed by atoms with E-state index in [0.29, 0.717) is 36.5 Å². The summed E-state index contributed by atoms with van der Waals surface area (Å²) in [5.74, 6) is -0.00625. The number of nitrogens with zero attached hydrogens (tertiary/aromatic N) is 1. The number of carbonyl (C=O) groups is 1. The van der Waals surface area contributed by atoms with Crippen LogP contribution < -0.4 is 5.73 Å². The predicted octanol–water partition coefficient (Wildman–Crippen LogP) is 2.39. The van der Waals surface area contributed by atoms with Gasteiger partial charge in [0.1, 0.15) is 4.88 Å². The van der Waals surface area contributed by atoms with Crippen LogP contribution in [0.4, 0.5) is 5.69 Å². The quantitative estimate of drug-likeness (QED) is 0.847. The zero-order chi connectivity index (χ0) is 14.3. The molecule has 1 aliphatic rings. The number of piperidine rings is 1. The molecule has 0 radical (unpaired) electrons. The van der Waals surface area contributed by atoms with Crippen LogP contribution in [0.25, 0.3) is 10.1 Å². The number of aryl methyl sites for hydroxylation is 1. The number of hydrogen-bond acceptors (Lipinski definition) is 4. The largest absolute Gasteiger partial charge is 0.397 e. The van der Waals surface area contributed by atoms with Crippen LogP contribution in [0, 0.1) is 6.92 Å². The Bertz CT molecular complexity index is 657. The molecule has 3 N–H and O–H groups in total. The lowest BCUT2D eigenvalue weighted by molar-refractivity contribution is 0.0551. The van der Waals surface area contributed by atoms with Gasteiger partial charge in [0.25, 0.3) is 5.91 Å². The van der Waals surface area contributed by atoms with Crippen molar-refractivity contribution in [1.29, 1.82) is 0 Å². The standard InChI is InChI=1S/C15H18N2O2S/c1-9-2-3-11-12(8-9)20-14(13(11)16)15(19)17-6-4-10(18)5-7-17/h2-3,8,10,18H,4-7,16H2,1H3. The summed E-state index contributed by atoms with van der Waals surface area (Å²) in [6.07, 6.45) is 1.02. The van der Waals surface area contributed by atoms with Crippen LogP contribution >= 0.6 is 11.3 Å². The second kappa shape index (κ2) is 5.07. The van der Waals surface area contributed by atoms with Crippen LogP contribution in [0.3, 0.4) is 0 Å². The number of aliphatic hydroxyl groups is 1. The lowest BCUT2D eigenvalue weighted by atomic mass is 10.1. The van der Waals surface area contributed by atoms with Crippen LogP contribution in [0.2, 0.25) is 0 Å². The summed E-state index contributed by atoms with van der Waals surface area (Å²) in [5, 5.41) is 10.5. The van der Waals surface area contributed by atoms with Gasteiger partial charge < -0.3 is 15.7 Å². The van der Waals surface area contributed by atoms with Crippen LogP contribution in [-0.2, 0) is 0 Å². The second-order valence-corrected chi connectivity index (χ2v) is 6.42.